The van der Waals surface area contributed by atoms with Crippen LogP contribution in [0, 0.1) is 17.8 Å². The molecule has 1 aromatic rings. The minimum absolute atomic E-state index is 0.0285. The monoisotopic (exact) mass is 958 g/mol. The fourth-order valence-electron chi connectivity index (χ4n) is 9.42. The molecule has 4 bridgehead atoms. The second-order valence-corrected chi connectivity index (χ2v) is 20.2. The zero-order valence-electron chi connectivity index (χ0n) is 38.9. The van der Waals surface area contributed by atoms with E-state index in [0.29, 0.717) is 24.4 Å². The van der Waals surface area contributed by atoms with E-state index >= 15 is 0 Å². The van der Waals surface area contributed by atoms with Crippen molar-refractivity contribution in [3.63, 3.8) is 0 Å². The number of ether oxygens (including phenoxy) is 5. The van der Waals surface area contributed by atoms with Crippen molar-refractivity contribution < 1.29 is 62.4 Å². The van der Waals surface area contributed by atoms with Crippen LogP contribution < -0.4 is 15.0 Å². The van der Waals surface area contributed by atoms with E-state index in [1.165, 1.54) is 54.7 Å². The van der Waals surface area contributed by atoms with Gasteiger partial charge in [-0.1, -0.05) is 42.3 Å². The quantitative estimate of drug-likeness (QED) is 0.125. The zero-order valence-corrected chi connectivity index (χ0v) is 40.5. The number of allylic oxidation sites excluding steroid dienone is 3. The van der Waals surface area contributed by atoms with E-state index in [0.717, 1.165) is 43.1 Å². The zero-order chi connectivity index (χ0) is 48.2. The average Bonchev–Trinajstić information content (AvgIpc) is 3.91. The van der Waals surface area contributed by atoms with Gasteiger partial charge in [0.1, 0.15) is 47.0 Å². The normalized spacial score (nSPS) is 33.4. The summed E-state index contributed by atoms with van der Waals surface area (Å²) in [5, 5.41) is 13.9. The van der Waals surface area contributed by atoms with Crippen LogP contribution in [0.1, 0.15) is 84.6 Å². The Kier molecular flexibility index (Phi) is 16.4. The number of hydrogen-bond acceptors (Lipinski definition) is 14. The number of amides is 5. The van der Waals surface area contributed by atoms with Crippen LogP contribution in [0.5, 0.6) is 5.75 Å². The van der Waals surface area contributed by atoms with E-state index in [9.17, 15) is 38.7 Å². The molecule has 0 unspecified atom stereocenters. The fourth-order valence-corrected chi connectivity index (χ4v) is 10.8. The number of aliphatic hydroxyl groups is 1. The standard InChI is InChI=1S/C47H63ClN4O13S/c1-26-10-9-11-36(62-8)47(60)23-34(63-45(59)49-47)27(2)42-46(4,65-42)37(22-39(55)51(6)32-19-31(18-26)20-33(61-7)41(32)48)64-44(58)28(3)50(5)38(54)16-17-66-35-21-40(56)52(43(35)57)24-29-12-14-30(25-53)15-13-29/h9-11,19-20,25,27-30,34-37,42,60H,12-18,21-24H2,1-8H3,(H,49,59)/b11-9+,26-10+/t27-,28+,29-,30-,34+,35+,36-,37+,42+,46+,47+/m1/s1. The minimum atomic E-state index is -1.87. The number of imide groups is 1. The summed E-state index contributed by atoms with van der Waals surface area (Å²) in [6, 6.07) is 2.43. The van der Waals surface area contributed by atoms with Crippen LogP contribution in [0.2, 0.25) is 5.02 Å². The molecule has 5 amide bonds. The van der Waals surface area contributed by atoms with Crippen molar-refractivity contribution in [2.24, 2.45) is 17.8 Å². The lowest BCUT2D eigenvalue weighted by atomic mass is 9.82. The van der Waals surface area contributed by atoms with Gasteiger partial charge in [-0.15, -0.1) is 11.8 Å². The predicted molar refractivity (Wildman–Crippen MR) is 245 cm³/mol. The van der Waals surface area contributed by atoms with Gasteiger partial charge in [0.15, 0.2) is 5.72 Å². The second kappa shape index (κ2) is 21.2. The van der Waals surface area contributed by atoms with E-state index in [1.54, 1.807) is 45.2 Å². The van der Waals surface area contributed by atoms with E-state index in [1.807, 2.05) is 13.0 Å². The summed E-state index contributed by atoms with van der Waals surface area (Å²) in [5.41, 5.74) is -1.13. The first-order valence-electron chi connectivity index (χ1n) is 22.5. The Hall–Kier alpha value is -4.49. The number of fused-ring (bicyclic) bond motifs is 5. The number of methoxy groups -OCH3 is 2. The maximum atomic E-state index is 14.3. The van der Waals surface area contributed by atoms with E-state index in [4.69, 9.17) is 35.3 Å². The number of nitrogens with one attached hydrogen (secondary N) is 1. The van der Waals surface area contributed by atoms with Crippen LogP contribution in [0.25, 0.3) is 0 Å². The van der Waals surface area contributed by atoms with Gasteiger partial charge in [-0.2, -0.15) is 0 Å². The maximum absolute atomic E-state index is 14.3. The first-order valence-corrected chi connectivity index (χ1v) is 23.9. The molecule has 66 heavy (non-hydrogen) atoms. The number of alkyl carbamates (subject to hydrolysis) is 1. The van der Waals surface area contributed by atoms with Gasteiger partial charge in [0.2, 0.25) is 23.6 Å². The number of likely N-dealkylation sites (N-methyl/N-ethyl adjacent to an activating group) is 1. The Morgan fingerprint density at radius 2 is 1.83 bits per heavy atom. The molecular weight excluding hydrogens is 896 g/mol. The number of aldehydes is 1. The molecule has 0 radical (unpaired) electrons. The van der Waals surface area contributed by atoms with Crippen molar-refractivity contribution in [3.05, 3.63) is 46.5 Å². The summed E-state index contributed by atoms with van der Waals surface area (Å²) < 4.78 is 29.4. The van der Waals surface area contributed by atoms with Gasteiger partial charge in [-0.25, -0.2) is 9.59 Å². The molecule has 1 aromatic carbocycles. The molecule has 19 heteroatoms. The lowest BCUT2D eigenvalue weighted by Crippen LogP contribution is -2.63. The van der Waals surface area contributed by atoms with Crippen LogP contribution in [-0.4, -0.2) is 145 Å². The van der Waals surface area contributed by atoms with Crippen LogP contribution >= 0.6 is 23.4 Å². The highest BCUT2D eigenvalue weighted by atomic mass is 35.5. The molecule has 1 aliphatic carbocycles. The van der Waals surface area contributed by atoms with Crippen LogP contribution in [0.15, 0.2) is 35.9 Å². The van der Waals surface area contributed by atoms with Crippen molar-refractivity contribution in [3.8, 4) is 5.75 Å². The minimum Gasteiger partial charge on any atom is -0.495 e. The number of rotatable bonds is 12. The molecule has 9 atom stereocenters. The van der Waals surface area contributed by atoms with Crippen molar-refractivity contribution in [1.29, 1.82) is 0 Å². The third kappa shape index (κ3) is 11.3. The molecule has 2 N–H and O–H groups in total. The second-order valence-electron chi connectivity index (χ2n) is 18.5. The lowest BCUT2D eigenvalue weighted by Gasteiger charge is -2.42. The lowest BCUT2D eigenvalue weighted by molar-refractivity contribution is -0.162. The van der Waals surface area contributed by atoms with Crippen molar-refractivity contribution in [1.82, 2.24) is 15.1 Å². The number of nitrogens with zero attached hydrogens (tertiary/aromatic N) is 3. The SMILES string of the molecule is COc1cc2cc(c1Cl)N(C)C(=O)C[C@H](OC(=O)[C@H](C)N(C)C(=O)CCS[C@H]1CC(=O)N(C[C@H]3CC[C@H](C=O)CC3)C1=O)[C@]1(C)O[C@H]1[C@H](C)[C@@H]1C[C@@](O)(NC(=O)O1)[C@H](OC)/C=C/C=C(\C)C2. The molecule has 1 saturated carbocycles. The number of likely N-dealkylation sites (tertiary alicyclic amines) is 1. The summed E-state index contributed by atoms with van der Waals surface area (Å²) in [4.78, 5) is 96.0. The molecule has 0 spiro atoms. The smallest absolute Gasteiger partial charge is 0.409 e. The maximum Gasteiger partial charge on any atom is 0.409 e. The number of hydrogen-bond donors (Lipinski definition) is 2. The summed E-state index contributed by atoms with van der Waals surface area (Å²) in [6.45, 7) is 7.21. The first kappa shape index (κ1) is 50.9. The Morgan fingerprint density at radius 3 is 2.50 bits per heavy atom. The highest BCUT2D eigenvalue weighted by Crippen LogP contribution is 2.49. The van der Waals surface area contributed by atoms with Gasteiger partial charge in [0.25, 0.3) is 0 Å². The molecule has 6 rings (SSSR count). The van der Waals surface area contributed by atoms with Crippen LogP contribution in [-0.2, 0) is 54.1 Å². The number of anilines is 1. The average molecular weight is 960 g/mol. The summed E-state index contributed by atoms with van der Waals surface area (Å²) in [7, 11) is 5.90. The van der Waals surface area contributed by atoms with Gasteiger partial charge in [0.05, 0.1) is 30.6 Å². The van der Waals surface area contributed by atoms with E-state index in [2.05, 4.69) is 5.32 Å². The highest BCUT2D eigenvalue weighted by molar-refractivity contribution is 8.00. The number of epoxide rings is 1. The molecule has 4 fully saturated rings. The Labute approximate surface area is 395 Å². The summed E-state index contributed by atoms with van der Waals surface area (Å²) >= 11 is 8.03. The molecule has 4 heterocycles. The number of esters is 1. The largest absolute Gasteiger partial charge is 0.495 e. The van der Waals surface area contributed by atoms with Crippen LogP contribution in [0.4, 0.5) is 10.5 Å². The number of benzene rings is 1. The molecule has 5 aliphatic rings. The van der Waals surface area contributed by atoms with Gasteiger partial charge in [-0.05, 0) is 76.5 Å². The molecule has 4 aliphatic heterocycles. The number of carbonyl (C=O) groups is 7. The summed E-state index contributed by atoms with van der Waals surface area (Å²) in [6.07, 6.45) is 4.56. The highest BCUT2D eigenvalue weighted by Gasteiger charge is 2.64. The molecule has 3 saturated heterocycles. The van der Waals surface area contributed by atoms with E-state index < -0.39 is 76.8 Å². The predicted octanol–water partition coefficient (Wildman–Crippen LogP) is 4.77. The number of halogens is 1. The summed E-state index contributed by atoms with van der Waals surface area (Å²) in [5.74, 6) is -2.03. The third-order valence-corrected chi connectivity index (χ3v) is 15.5. The van der Waals surface area contributed by atoms with Crippen molar-refractivity contribution >= 4 is 71.0 Å². The third-order valence-electron chi connectivity index (χ3n) is 13.9. The number of thioether (sulfide) groups is 1. The van der Waals surface area contributed by atoms with Crippen LogP contribution in [0.3, 0.4) is 0 Å². The van der Waals surface area contributed by atoms with Gasteiger partial charge in [-0.3, -0.25) is 29.4 Å². The van der Waals surface area contributed by atoms with Crippen molar-refractivity contribution in [2.45, 2.75) is 133 Å². The van der Waals surface area contributed by atoms with Gasteiger partial charge < -0.3 is 43.4 Å². The molecule has 0 aromatic heterocycles. The fraction of sp³-hybridized carbons (Fsp3) is 0.638. The molecule has 362 valence electrons. The van der Waals surface area contributed by atoms with Crippen molar-refractivity contribution in [2.75, 3.05) is 45.5 Å². The van der Waals surface area contributed by atoms with Gasteiger partial charge in [0, 0.05) is 64.6 Å². The number of carbonyl (C=O) groups excluding carboxylic acids is 7. The Balaban J connectivity index is 1.17. The first-order chi connectivity index (χ1) is 31.2. The Bertz CT molecular complexity index is 2110. The van der Waals surface area contributed by atoms with E-state index in [-0.39, 0.29) is 60.1 Å². The molecular formula is C47H63ClN4O13S. The Morgan fingerprint density at radius 1 is 1.12 bits per heavy atom. The topological polar surface area (TPSA) is 211 Å². The molecule has 17 nitrogen and oxygen atoms in total. The van der Waals surface area contributed by atoms with Gasteiger partial charge >= 0.3 is 12.1 Å².